The fourth-order valence-electron chi connectivity index (χ4n) is 4.63. The molecule has 0 saturated heterocycles. The second-order valence-corrected chi connectivity index (χ2v) is 11.0. The van der Waals surface area contributed by atoms with Crippen LogP contribution in [0.1, 0.15) is 57.1 Å². The summed E-state index contributed by atoms with van der Waals surface area (Å²) in [5.74, 6) is 0.372. The molecule has 0 spiro atoms. The zero-order valence-corrected chi connectivity index (χ0v) is 19.7. The van der Waals surface area contributed by atoms with Crippen molar-refractivity contribution in [1.29, 1.82) is 0 Å². The molecule has 10 heteroatoms. The van der Waals surface area contributed by atoms with Crippen LogP contribution in [0.15, 0.2) is 40.2 Å². The van der Waals surface area contributed by atoms with Crippen molar-refractivity contribution in [1.82, 2.24) is 14.8 Å². The summed E-state index contributed by atoms with van der Waals surface area (Å²) in [5.41, 5.74) is -0.431. The lowest BCUT2D eigenvalue weighted by Crippen LogP contribution is -2.25. The summed E-state index contributed by atoms with van der Waals surface area (Å²) in [7, 11) is -3.62. The molecule has 2 aromatic heterocycles. The third-order valence-corrected chi connectivity index (χ3v) is 7.53. The number of aliphatic hydroxyl groups excluding tert-OH is 1. The maximum atomic E-state index is 12.7. The second kappa shape index (κ2) is 8.92. The summed E-state index contributed by atoms with van der Waals surface area (Å²) in [5, 5.41) is 28.6. The van der Waals surface area contributed by atoms with Gasteiger partial charge in [-0.15, -0.1) is 0 Å². The van der Waals surface area contributed by atoms with Crippen LogP contribution in [-0.2, 0) is 15.4 Å². The van der Waals surface area contributed by atoms with E-state index in [1.807, 2.05) is 10.7 Å². The number of aromatic nitrogens is 3. The number of hydrogen-bond acceptors (Lipinski definition) is 7. The Bertz CT molecular complexity index is 1320. The van der Waals surface area contributed by atoms with E-state index < -0.39 is 15.4 Å². The van der Waals surface area contributed by atoms with E-state index in [4.69, 9.17) is 5.10 Å². The van der Waals surface area contributed by atoms with Crippen LogP contribution in [0.5, 0.6) is 0 Å². The highest BCUT2D eigenvalue weighted by molar-refractivity contribution is 7.90. The van der Waals surface area contributed by atoms with Gasteiger partial charge >= 0.3 is 0 Å². The first-order chi connectivity index (χ1) is 15.6. The molecule has 0 amide bonds. The largest absolute Gasteiger partial charge is 0.396 e. The minimum absolute atomic E-state index is 0.0121. The topological polar surface area (TPSA) is 137 Å². The molecule has 178 valence electrons. The average Bonchev–Trinajstić information content (AvgIpc) is 3.13. The SMILES string of the molecule is CC(O)(CCO)c1cc(Nc2nn(C3CCCCC3)c3cc[nH]c(=O)c23)ccc1S(C)(=O)=O. The molecule has 1 atom stereocenters. The zero-order chi connectivity index (χ0) is 23.8. The van der Waals surface area contributed by atoms with Gasteiger partial charge < -0.3 is 20.5 Å². The molecule has 4 N–H and O–H groups in total. The number of H-pyrrole nitrogens is 1. The number of sulfone groups is 1. The van der Waals surface area contributed by atoms with Gasteiger partial charge in [-0.1, -0.05) is 19.3 Å². The molecule has 33 heavy (non-hydrogen) atoms. The Labute approximate surface area is 192 Å². The molecule has 3 aromatic rings. The molecule has 9 nitrogen and oxygen atoms in total. The van der Waals surface area contributed by atoms with Gasteiger partial charge in [0.1, 0.15) is 5.39 Å². The molecule has 1 aliphatic rings. The molecule has 1 unspecified atom stereocenters. The molecule has 1 saturated carbocycles. The number of nitrogens with zero attached hydrogens (tertiary/aromatic N) is 2. The highest BCUT2D eigenvalue weighted by atomic mass is 32.2. The van der Waals surface area contributed by atoms with Crippen LogP contribution in [0.4, 0.5) is 11.5 Å². The van der Waals surface area contributed by atoms with Crippen molar-refractivity contribution in [3.8, 4) is 0 Å². The van der Waals surface area contributed by atoms with Gasteiger partial charge in [0.25, 0.3) is 5.56 Å². The molecular weight excluding hydrogens is 444 g/mol. The number of hydrogen-bond donors (Lipinski definition) is 4. The second-order valence-electron chi connectivity index (χ2n) is 9.01. The fourth-order valence-corrected chi connectivity index (χ4v) is 5.63. The molecular formula is C23H30N4O5S. The number of nitrogens with one attached hydrogen (secondary N) is 2. The number of aromatic amines is 1. The highest BCUT2D eigenvalue weighted by Gasteiger charge is 2.30. The first-order valence-electron chi connectivity index (χ1n) is 11.2. The van der Waals surface area contributed by atoms with Gasteiger partial charge in [0.2, 0.25) is 0 Å². The molecule has 0 aliphatic heterocycles. The first-order valence-corrected chi connectivity index (χ1v) is 13.1. The maximum absolute atomic E-state index is 12.7. The predicted octanol–water partition coefficient (Wildman–Crippen LogP) is 2.97. The molecule has 1 aliphatic carbocycles. The Morgan fingerprint density at radius 2 is 1.97 bits per heavy atom. The molecule has 1 fully saturated rings. The van der Waals surface area contributed by atoms with Gasteiger partial charge in [-0.25, -0.2) is 8.42 Å². The fraction of sp³-hybridized carbons (Fsp3) is 0.478. The number of pyridine rings is 1. The lowest BCUT2D eigenvalue weighted by molar-refractivity contribution is 0.0274. The van der Waals surface area contributed by atoms with Crippen LogP contribution in [0.25, 0.3) is 10.9 Å². The van der Waals surface area contributed by atoms with Crippen molar-refractivity contribution in [3.05, 3.63) is 46.4 Å². The third kappa shape index (κ3) is 4.68. The minimum atomic E-state index is -3.62. The molecule has 0 bridgehead atoms. The first kappa shape index (κ1) is 23.5. The summed E-state index contributed by atoms with van der Waals surface area (Å²) >= 11 is 0. The van der Waals surface area contributed by atoms with Crippen LogP contribution in [0.2, 0.25) is 0 Å². The van der Waals surface area contributed by atoms with E-state index in [9.17, 15) is 23.4 Å². The lowest BCUT2D eigenvalue weighted by Gasteiger charge is -2.26. The van der Waals surface area contributed by atoms with Crippen LogP contribution in [0, 0.1) is 0 Å². The van der Waals surface area contributed by atoms with E-state index in [0.29, 0.717) is 16.9 Å². The van der Waals surface area contributed by atoms with Gasteiger partial charge in [-0.05, 0) is 44.0 Å². The van der Waals surface area contributed by atoms with Crippen LogP contribution >= 0.6 is 0 Å². The summed E-state index contributed by atoms with van der Waals surface area (Å²) in [4.78, 5) is 15.4. The number of aliphatic hydroxyl groups is 2. The number of fused-ring (bicyclic) bond motifs is 1. The Balaban J connectivity index is 1.81. The smallest absolute Gasteiger partial charge is 0.261 e. The number of benzene rings is 1. The van der Waals surface area contributed by atoms with E-state index in [-0.39, 0.29) is 35.1 Å². The molecule has 4 rings (SSSR count). The molecule has 2 heterocycles. The quantitative estimate of drug-likeness (QED) is 0.413. The molecule has 0 radical (unpaired) electrons. The van der Waals surface area contributed by atoms with Crippen LogP contribution < -0.4 is 10.9 Å². The minimum Gasteiger partial charge on any atom is -0.396 e. The molecule has 1 aromatic carbocycles. The van der Waals surface area contributed by atoms with E-state index in [2.05, 4.69) is 10.3 Å². The summed E-state index contributed by atoms with van der Waals surface area (Å²) < 4.78 is 26.6. The Morgan fingerprint density at radius 3 is 2.64 bits per heavy atom. The maximum Gasteiger partial charge on any atom is 0.261 e. The van der Waals surface area contributed by atoms with E-state index in [1.165, 1.54) is 25.5 Å². The van der Waals surface area contributed by atoms with Crippen molar-refractivity contribution >= 4 is 32.2 Å². The van der Waals surface area contributed by atoms with Gasteiger partial charge in [0.15, 0.2) is 15.7 Å². The Hall–Kier alpha value is -2.69. The number of rotatable bonds is 7. The third-order valence-electron chi connectivity index (χ3n) is 6.37. The van der Waals surface area contributed by atoms with E-state index in [0.717, 1.165) is 37.5 Å². The average molecular weight is 475 g/mol. The van der Waals surface area contributed by atoms with Crippen molar-refractivity contribution < 1.29 is 18.6 Å². The van der Waals surface area contributed by atoms with Crippen LogP contribution in [-0.4, -0.2) is 46.3 Å². The standard InChI is InChI=1S/C23H30N4O5S/c1-23(30,11-13-28)17-14-15(8-9-19(17)33(2,31)32)25-21-20-18(10-12-24-22(20)29)27(26-21)16-6-4-3-5-7-16/h8-10,12,14,16,28,30H,3-7,11,13H2,1-2H3,(H,24,29)(H,25,26). The van der Waals surface area contributed by atoms with Gasteiger partial charge in [-0.2, -0.15) is 5.10 Å². The Kier molecular flexibility index (Phi) is 6.35. The van der Waals surface area contributed by atoms with Crippen molar-refractivity contribution in [2.45, 2.75) is 62.0 Å². The lowest BCUT2D eigenvalue weighted by atomic mass is 9.92. The normalized spacial score (nSPS) is 17.2. The summed E-state index contributed by atoms with van der Waals surface area (Å²) in [6.07, 6.45) is 8.10. The number of anilines is 2. The van der Waals surface area contributed by atoms with Crippen LogP contribution in [0.3, 0.4) is 0 Å². The van der Waals surface area contributed by atoms with Gasteiger partial charge in [-0.3, -0.25) is 9.48 Å². The van der Waals surface area contributed by atoms with Crippen molar-refractivity contribution in [2.75, 3.05) is 18.2 Å². The van der Waals surface area contributed by atoms with Crippen molar-refractivity contribution in [2.24, 2.45) is 0 Å². The van der Waals surface area contributed by atoms with Gasteiger partial charge in [0, 0.05) is 36.7 Å². The summed E-state index contributed by atoms with van der Waals surface area (Å²) in [6.45, 7) is 1.16. The highest BCUT2D eigenvalue weighted by Crippen LogP contribution is 2.35. The Morgan fingerprint density at radius 1 is 1.24 bits per heavy atom. The monoisotopic (exact) mass is 474 g/mol. The zero-order valence-electron chi connectivity index (χ0n) is 18.8. The van der Waals surface area contributed by atoms with Crippen molar-refractivity contribution in [3.63, 3.8) is 0 Å². The summed E-state index contributed by atoms with van der Waals surface area (Å²) in [6, 6.07) is 6.59. The van der Waals surface area contributed by atoms with E-state index in [1.54, 1.807) is 12.3 Å². The van der Waals surface area contributed by atoms with Gasteiger partial charge in [0.05, 0.1) is 22.1 Å². The predicted molar refractivity (Wildman–Crippen MR) is 127 cm³/mol. The van der Waals surface area contributed by atoms with E-state index >= 15 is 0 Å².